The fraction of sp³-hybridized carbons (Fsp3) is 0.154. The van der Waals surface area contributed by atoms with Gasteiger partial charge in [-0.3, -0.25) is 9.59 Å². The van der Waals surface area contributed by atoms with Gasteiger partial charge in [0.2, 0.25) is 5.91 Å². The van der Waals surface area contributed by atoms with Gasteiger partial charge in [0.25, 0.3) is 6.01 Å². The molecule has 7 nitrogen and oxygen atoms in total. The Labute approximate surface area is 114 Å². The number of primary amides is 1. The molecule has 1 amide bonds. The maximum Gasteiger partial charge on any atom is 0.303 e. The fourth-order valence-corrected chi connectivity index (χ4v) is 1.56. The Kier molecular flexibility index (Phi) is 3.99. The molecule has 4 N–H and O–H groups in total. The Morgan fingerprint density at radius 2 is 2.00 bits per heavy atom. The number of nitrogens with two attached hydrogens (primary N) is 1. The van der Waals surface area contributed by atoms with Gasteiger partial charge in [0.05, 0.1) is 12.1 Å². The van der Waals surface area contributed by atoms with E-state index in [2.05, 4.69) is 10.3 Å². The lowest BCUT2D eigenvalue weighted by Gasteiger charge is -2.01. The lowest BCUT2D eigenvalue weighted by atomic mass is 10.2. The number of nitrogens with one attached hydrogen (secondary N) is 1. The maximum absolute atomic E-state index is 10.9. The fourth-order valence-electron chi connectivity index (χ4n) is 1.56. The van der Waals surface area contributed by atoms with Crippen LogP contribution in [0.25, 0.3) is 0 Å². The standard InChI is InChI=1S/C13H13N3O4/c14-12(19)8-1-3-9(4-2-8)15-13-16-10(7-20-13)5-6-11(17)18/h1-4,7H,5-6H2,(H2,14,19)(H,15,16)(H,17,18). The Morgan fingerprint density at radius 1 is 1.30 bits per heavy atom. The highest BCUT2D eigenvalue weighted by Crippen LogP contribution is 2.17. The molecule has 20 heavy (non-hydrogen) atoms. The third-order valence-electron chi connectivity index (χ3n) is 2.57. The monoisotopic (exact) mass is 275 g/mol. The molecule has 1 heterocycles. The van der Waals surface area contributed by atoms with E-state index in [1.165, 1.54) is 6.26 Å². The van der Waals surface area contributed by atoms with Crippen molar-refractivity contribution < 1.29 is 19.1 Å². The molecule has 0 saturated heterocycles. The average Bonchev–Trinajstić information content (AvgIpc) is 2.84. The van der Waals surface area contributed by atoms with E-state index < -0.39 is 11.9 Å². The van der Waals surface area contributed by atoms with Crippen LogP contribution >= 0.6 is 0 Å². The molecular formula is C13H13N3O4. The van der Waals surface area contributed by atoms with E-state index in [-0.39, 0.29) is 12.4 Å². The van der Waals surface area contributed by atoms with Crippen molar-refractivity contribution in [3.8, 4) is 0 Å². The number of aryl methyl sites for hydroxylation is 1. The van der Waals surface area contributed by atoms with Crippen LogP contribution in [-0.4, -0.2) is 22.0 Å². The van der Waals surface area contributed by atoms with Gasteiger partial charge in [-0.25, -0.2) is 0 Å². The number of carboxylic acid groups (broad SMARTS) is 1. The molecule has 0 aliphatic heterocycles. The number of rotatable bonds is 6. The average molecular weight is 275 g/mol. The van der Waals surface area contributed by atoms with Gasteiger partial charge in [0.15, 0.2) is 0 Å². The summed E-state index contributed by atoms with van der Waals surface area (Å²) in [5, 5.41) is 11.5. The number of carbonyl (C=O) groups excluding carboxylic acids is 1. The van der Waals surface area contributed by atoms with Crippen molar-refractivity contribution in [1.82, 2.24) is 4.98 Å². The van der Waals surface area contributed by atoms with Gasteiger partial charge in [0, 0.05) is 17.7 Å². The van der Waals surface area contributed by atoms with Crippen molar-refractivity contribution in [3.63, 3.8) is 0 Å². The number of amides is 1. The number of carbonyl (C=O) groups is 2. The van der Waals surface area contributed by atoms with Gasteiger partial charge in [-0.2, -0.15) is 4.98 Å². The van der Waals surface area contributed by atoms with E-state index in [1.54, 1.807) is 24.3 Å². The number of hydrogen-bond acceptors (Lipinski definition) is 5. The third-order valence-corrected chi connectivity index (χ3v) is 2.57. The van der Waals surface area contributed by atoms with Gasteiger partial charge in [-0.05, 0) is 24.3 Å². The molecule has 0 spiro atoms. The van der Waals surface area contributed by atoms with Crippen LogP contribution in [-0.2, 0) is 11.2 Å². The Balaban J connectivity index is 1.99. The van der Waals surface area contributed by atoms with Crippen molar-refractivity contribution in [2.75, 3.05) is 5.32 Å². The lowest BCUT2D eigenvalue weighted by Crippen LogP contribution is -2.10. The van der Waals surface area contributed by atoms with Crippen LogP contribution in [0.3, 0.4) is 0 Å². The molecule has 7 heteroatoms. The highest BCUT2D eigenvalue weighted by molar-refractivity contribution is 5.93. The van der Waals surface area contributed by atoms with Crippen LogP contribution in [0.4, 0.5) is 11.7 Å². The van der Waals surface area contributed by atoms with Crippen LogP contribution in [0.2, 0.25) is 0 Å². The molecule has 104 valence electrons. The SMILES string of the molecule is NC(=O)c1ccc(Nc2nc(CCC(=O)O)co2)cc1. The summed E-state index contributed by atoms with van der Waals surface area (Å²) >= 11 is 0. The summed E-state index contributed by atoms with van der Waals surface area (Å²) in [4.78, 5) is 25.5. The summed E-state index contributed by atoms with van der Waals surface area (Å²) in [6.45, 7) is 0. The summed E-state index contributed by atoms with van der Waals surface area (Å²) in [6.07, 6.45) is 1.71. The quantitative estimate of drug-likeness (QED) is 0.735. The van der Waals surface area contributed by atoms with Crippen LogP contribution in [0.5, 0.6) is 0 Å². The first-order chi connectivity index (χ1) is 9.54. The molecule has 0 atom stereocenters. The van der Waals surface area contributed by atoms with Crippen molar-refractivity contribution in [2.45, 2.75) is 12.8 Å². The molecule has 0 saturated carbocycles. The Morgan fingerprint density at radius 3 is 2.60 bits per heavy atom. The maximum atomic E-state index is 10.9. The second kappa shape index (κ2) is 5.87. The number of benzene rings is 1. The van der Waals surface area contributed by atoms with E-state index in [4.69, 9.17) is 15.3 Å². The second-order valence-electron chi connectivity index (χ2n) is 4.10. The highest BCUT2D eigenvalue weighted by Gasteiger charge is 2.07. The topological polar surface area (TPSA) is 118 Å². The molecule has 0 bridgehead atoms. The van der Waals surface area contributed by atoms with Gasteiger partial charge in [-0.15, -0.1) is 0 Å². The largest absolute Gasteiger partial charge is 0.481 e. The molecule has 0 radical (unpaired) electrons. The molecule has 0 unspecified atom stereocenters. The number of aliphatic carboxylic acids is 1. The molecule has 2 aromatic rings. The predicted octanol–water partition coefficient (Wildman–Crippen LogP) is 1.53. The van der Waals surface area contributed by atoms with E-state index >= 15 is 0 Å². The van der Waals surface area contributed by atoms with Crippen molar-refractivity contribution in [1.29, 1.82) is 0 Å². The van der Waals surface area contributed by atoms with Gasteiger partial charge < -0.3 is 20.6 Å². The summed E-state index contributed by atoms with van der Waals surface area (Å²) < 4.78 is 5.17. The minimum Gasteiger partial charge on any atom is -0.481 e. The van der Waals surface area contributed by atoms with Crippen LogP contribution in [0, 0.1) is 0 Å². The van der Waals surface area contributed by atoms with E-state index in [9.17, 15) is 9.59 Å². The number of carboxylic acids is 1. The first-order valence-corrected chi connectivity index (χ1v) is 5.87. The molecule has 0 aliphatic rings. The molecule has 0 fully saturated rings. The lowest BCUT2D eigenvalue weighted by molar-refractivity contribution is -0.136. The van der Waals surface area contributed by atoms with E-state index in [1.807, 2.05) is 0 Å². The van der Waals surface area contributed by atoms with Gasteiger partial charge in [-0.1, -0.05) is 0 Å². The summed E-state index contributed by atoms with van der Waals surface area (Å²) in [6, 6.07) is 6.76. The highest BCUT2D eigenvalue weighted by atomic mass is 16.4. The van der Waals surface area contributed by atoms with E-state index in [0.717, 1.165) is 0 Å². The first-order valence-electron chi connectivity index (χ1n) is 5.87. The Hall–Kier alpha value is -2.83. The normalized spacial score (nSPS) is 10.2. The zero-order chi connectivity index (χ0) is 14.5. The number of oxazole rings is 1. The smallest absolute Gasteiger partial charge is 0.303 e. The zero-order valence-corrected chi connectivity index (χ0v) is 10.5. The minimum absolute atomic E-state index is 0.000712. The van der Waals surface area contributed by atoms with E-state index in [0.29, 0.717) is 23.4 Å². The van der Waals surface area contributed by atoms with Gasteiger partial charge in [0.1, 0.15) is 6.26 Å². The molecule has 1 aromatic heterocycles. The Bertz CT molecular complexity index is 619. The number of anilines is 2. The van der Waals surface area contributed by atoms with Crippen molar-refractivity contribution in [2.24, 2.45) is 5.73 Å². The summed E-state index contributed by atoms with van der Waals surface area (Å²) in [5.74, 6) is -1.38. The first kappa shape index (κ1) is 13.6. The van der Waals surface area contributed by atoms with Crippen LogP contribution in [0.15, 0.2) is 34.9 Å². The molecule has 0 aliphatic carbocycles. The third kappa shape index (κ3) is 3.58. The van der Waals surface area contributed by atoms with Crippen molar-refractivity contribution in [3.05, 3.63) is 41.8 Å². The van der Waals surface area contributed by atoms with Crippen LogP contribution < -0.4 is 11.1 Å². The predicted molar refractivity (Wildman–Crippen MR) is 70.7 cm³/mol. The number of nitrogens with zero attached hydrogens (tertiary/aromatic N) is 1. The number of hydrogen-bond donors (Lipinski definition) is 3. The minimum atomic E-state index is -0.885. The summed E-state index contributed by atoms with van der Waals surface area (Å²) in [7, 11) is 0. The number of aromatic nitrogens is 1. The molecule has 1 aromatic carbocycles. The van der Waals surface area contributed by atoms with Crippen molar-refractivity contribution >= 4 is 23.6 Å². The zero-order valence-electron chi connectivity index (χ0n) is 10.5. The molecular weight excluding hydrogens is 262 g/mol. The summed E-state index contributed by atoms with van der Waals surface area (Å²) in [5.41, 5.74) is 6.79. The van der Waals surface area contributed by atoms with Gasteiger partial charge >= 0.3 is 5.97 Å². The van der Waals surface area contributed by atoms with Crippen LogP contribution in [0.1, 0.15) is 22.5 Å². The molecule has 2 rings (SSSR count). The second-order valence-corrected chi connectivity index (χ2v) is 4.10.